The van der Waals surface area contributed by atoms with E-state index in [0.29, 0.717) is 37.2 Å². The van der Waals surface area contributed by atoms with E-state index in [1.54, 1.807) is 19.5 Å². The number of nitrogens with one attached hydrogen (secondary N) is 2. The fourth-order valence-corrected chi connectivity index (χ4v) is 3.68. The van der Waals surface area contributed by atoms with Gasteiger partial charge >= 0.3 is 6.03 Å². The van der Waals surface area contributed by atoms with Gasteiger partial charge in [-0.2, -0.15) is 0 Å². The fraction of sp³-hybridized carbons (Fsp3) is 0.435. The zero-order valence-corrected chi connectivity index (χ0v) is 18.7. The molecule has 10 nitrogen and oxygen atoms in total. The van der Waals surface area contributed by atoms with Crippen LogP contribution in [0.1, 0.15) is 23.6 Å². The van der Waals surface area contributed by atoms with Crippen molar-refractivity contribution >= 4 is 24.3 Å². The lowest BCUT2D eigenvalue weighted by atomic mass is 10.0. The van der Waals surface area contributed by atoms with Gasteiger partial charge in [-0.3, -0.25) is 0 Å². The van der Waals surface area contributed by atoms with Gasteiger partial charge in [0.1, 0.15) is 24.3 Å². The summed E-state index contributed by atoms with van der Waals surface area (Å²) in [6.07, 6.45) is 3.39. The monoisotopic (exact) mass is 452 g/mol. The number of aromatic nitrogens is 2. The number of likely N-dealkylation sites (N-methyl/N-ethyl adjacent to an activating group) is 1. The quantitative estimate of drug-likeness (QED) is 0.526. The van der Waals surface area contributed by atoms with E-state index in [-0.39, 0.29) is 18.6 Å². The number of aliphatic imine (C=N–C) groups is 2. The summed E-state index contributed by atoms with van der Waals surface area (Å²) >= 11 is 0. The highest BCUT2D eigenvalue weighted by molar-refractivity contribution is 6.04. The number of rotatable bonds is 9. The van der Waals surface area contributed by atoms with Gasteiger partial charge in [-0.15, -0.1) is 0 Å². The Bertz CT molecular complexity index is 1040. The van der Waals surface area contributed by atoms with E-state index in [1.165, 1.54) is 0 Å². The SMILES string of the molecule is CNCC(O)COc1cccc(-c2nc(N[C@@H]3CCOC3)c(C)c(C3C=NC(=O)N=C3)n2)c1. The Morgan fingerprint density at radius 2 is 2.09 bits per heavy atom. The fourth-order valence-electron chi connectivity index (χ4n) is 3.68. The van der Waals surface area contributed by atoms with E-state index in [1.807, 2.05) is 31.2 Å². The van der Waals surface area contributed by atoms with E-state index in [9.17, 15) is 9.90 Å². The molecule has 10 heteroatoms. The molecule has 174 valence electrons. The van der Waals surface area contributed by atoms with Crippen LogP contribution in [0.3, 0.4) is 0 Å². The van der Waals surface area contributed by atoms with Crippen molar-refractivity contribution in [2.45, 2.75) is 31.4 Å². The molecule has 2 atom stereocenters. The number of ether oxygens (including phenoxy) is 2. The highest BCUT2D eigenvalue weighted by Crippen LogP contribution is 2.29. The third kappa shape index (κ3) is 5.78. The van der Waals surface area contributed by atoms with Crippen molar-refractivity contribution in [3.05, 3.63) is 35.5 Å². The summed E-state index contributed by atoms with van der Waals surface area (Å²) < 4.78 is 11.2. The van der Waals surface area contributed by atoms with E-state index in [2.05, 4.69) is 20.6 Å². The highest BCUT2D eigenvalue weighted by atomic mass is 16.5. The zero-order chi connectivity index (χ0) is 23.2. The van der Waals surface area contributed by atoms with Gasteiger partial charge in [-0.25, -0.2) is 24.7 Å². The average Bonchev–Trinajstić information content (AvgIpc) is 3.33. The molecule has 1 fully saturated rings. The molecule has 1 unspecified atom stereocenters. The summed E-state index contributed by atoms with van der Waals surface area (Å²) in [6.45, 7) is 3.88. The second kappa shape index (κ2) is 10.6. The van der Waals surface area contributed by atoms with Gasteiger partial charge in [0.15, 0.2) is 5.82 Å². The Kier molecular flexibility index (Phi) is 7.38. The molecule has 2 amide bonds. The molecule has 2 aliphatic rings. The predicted molar refractivity (Wildman–Crippen MR) is 126 cm³/mol. The molecule has 0 radical (unpaired) electrons. The van der Waals surface area contributed by atoms with Crippen LogP contribution in [0, 0.1) is 6.92 Å². The lowest BCUT2D eigenvalue weighted by molar-refractivity contribution is 0.108. The number of carbonyl (C=O) groups is 1. The Morgan fingerprint density at radius 1 is 1.27 bits per heavy atom. The Hall–Kier alpha value is -3.21. The van der Waals surface area contributed by atoms with Crippen LogP contribution < -0.4 is 15.4 Å². The third-order valence-electron chi connectivity index (χ3n) is 5.44. The van der Waals surface area contributed by atoms with Crippen LogP contribution in [0.15, 0.2) is 34.3 Å². The van der Waals surface area contributed by atoms with Crippen LogP contribution in [0.25, 0.3) is 11.4 Å². The van der Waals surface area contributed by atoms with Gasteiger partial charge < -0.3 is 25.2 Å². The zero-order valence-electron chi connectivity index (χ0n) is 18.7. The van der Waals surface area contributed by atoms with E-state index in [0.717, 1.165) is 23.2 Å². The smallest absolute Gasteiger partial charge is 0.366 e. The van der Waals surface area contributed by atoms with Crippen LogP contribution in [0.5, 0.6) is 5.75 Å². The van der Waals surface area contributed by atoms with Crippen molar-refractivity contribution in [1.29, 1.82) is 0 Å². The van der Waals surface area contributed by atoms with Crippen molar-refractivity contribution in [2.75, 3.05) is 38.7 Å². The summed E-state index contributed by atoms with van der Waals surface area (Å²) in [5, 5.41) is 16.3. The summed E-state index contributed by atoms with van der Waals surface area (Å²) in [6, 6.07) is 7.07. The maximum atomic E-state index is 11.4. The summed E-state index contributed by atoms with van der Waals surface area (Å²) in [7, 11) is 1.77. The minimum absolute atomic E-state index is 0.165. The lowest BCUT2D eigenvalue weighted by Gasteiger charge is -2.19. The van der Waals surface area contributed by atoms with Crippen LogP contribution in [0.4, 0.5) is 10.6 Å². The normalized spacial score (nSPS) is 19.1. The number of carbonyl (C=O) groups excluding carboxylic acids is 1. The number of hydrogen-bond donors (Lipinski definition) is 3. The molecule has 3 heterocycles. The van der Waals surface area contributed by atoms with Gasteiger partial charge in [0.25, 0.3) is 0 Å². The van der Waals surface area contributed by atoms with Crippen LogP contribution in [-0.4, -0.2) is 79.1 Å². The molecule has 4 rings (SSSR count). The van der Waals surface area contributed by atoms with Gasteiger partial charge in [0, 0.05) is 36.7 Å². The number of amides is 2. The Balaban J connectivity index is 1.66. The predicted octanol–water partition coefficient (Wildman–Crippen LogP) is 1.97. The molecule has 0 bridgehead atoms. The first-order chi connectivity index (χ1) is 16.0. The highest BCUT2D eigenvalue weighted by Gasteiger charge is 2.23. The van der Waals surface area contributed by atoms with E-state index < -0.39 is 12.1 Å². The van der Waals surface area contributed by atoms with Crippen LogP contribution >= 0.6 is 0 Å². The molecule has 33 heavy (non-hydrogen) atoms. The minimum atomic E-state index is -0.613. The van der Waals surface area contributed by atoms with Crippen LogP contribution in [-0.2, 0) is 4.74 Å². The molecule has 1 saturated heterocycles. The van der Waals surface area contributed by atoms with E-state index >= 15 is 0 Å². The molecular weight excluding hydrogens is 424 g/mol. The number of hydrogen-bond acceptors (Lipinski definition) is 8. The first-order valence-electron chi connectivity index (χ1n) is 10.9. The van der Waals surface area contributed by atoms with E-state index in [4.69, 9.17) is 19.4 Å². The van der Waals surface area contributed by atoms with Gasteiger partial charge in [-0.1, -0.05) is 12.1 Å². The number of aliphatic hydroxyl groups is 1. The van der Waals surface area contributed by atoms with Crippen molar-refractivity contribution < 1.29 is 19.4 Å². The molecule has 0 saturated carbocycles. The molecule has 2 aromatic rings. The number of anilines is 1. The number of aliphatic hydroxyl groups excluding tert-OH is 1. The largest absolute Gasteiger partial charge is 0.491 e. The second-order valence-corrected chi connectivity index (χ2v) is 8.03. The summed E-state index contributed by atoms with van der Waals surface area (Å²) in [5.41, 5.74) is 2.35. The first kappa shape index (κ1) is 23.0. The summed E-state index contributed by atoms with van der Waals surface area (Å²) in [5.74, 6) is 1.50. The van der Waals surface area contributed by atoms with Crippen molar-refractivity contribution in [3.63, 3.8) is 0 Å². The van der Waals surface area contributed by atoms with Gasteiger partial charge in [0.2, 0.25) is 0 Å². The third-order valence-corrected chi connectivity index (χ3v) is 5.44. The van der Waals surface area contributed by atoms with Crippen molar-refractivity contribution in [3.8, 4) is 17.1 Å². The number of benzene rings is 1. The lowest BCUT2D eigenvalue weighted by Crippen LogP contribution is -2.29. The average molecular weight is 453 g/mol. The number of nitrogens with zero attached hydrogens (tertiary/aromatic N) is 4. The van der Waals surface area contributed by atoms with Gasteiger partial charge in [0.05, 0.1) is 24.3 Å². The number of urea groups is 1. The molecule has 2 aliphatic heterocycles. The first-order valence-corrected chi connectivity index (χ1v) is 10.9. The molecule has 3 N–H and O–H groups in total. The van der Waals surface area contributed by atoms with Crippen molar-refractivity contribution in [2.24, 2.45) is 9.98 Å². The van der Waals surface area contributed by atoms with Crippen LogP contribution in [0.2, 0.25) is 0 Å². The molecule has 1 aromatic carbocycles. The second-order valence-electron chi connectivity index (χ2n) is 8.03. The Morgan fingerprint density at radius 3 is 2.82 bits per heavy atom. The summed E-state index contributed by atoms with van der Waals surface area (Å²) in [4.78, 5) is 28.6. The molecule has 0 aliphatic carbocycles. The topological polar surface area (TPSA) is 130 Å². The van der Waals surface area contributed by atoms with Gasteiger partial charge in [-0.05, 0) is 32.5 Å². The molecule has 0 spiro atoms. The standard InChI is InChI=1S/C23H28N6O4/c1-14-20(16-9-25-23(31)26-10-16)28-22(29-21(14)27-17-6-7-32-12-17)15-4-3-5-19(8-15)33-13-18(30)11-24-2/h3-5,8-10,16-18,24,30H,6-7,11-13H2,1-2H3,(H,27,28,29)/t17-,18?/m1/s1. The Labute approximate surface area is 192 Å². The maximum Gasteiger partial charge on any atom is 0.366 e. The van der Waals surface area contributed by atoms with Crippen molar-refractivity contribution in [1.82, 2.24) is 15.3 Å². The molecule has 1 aromatic heterocycles. The maximum absolute atomic E-state index is 11.4. The molecular formula is C23H28N6O4. The minimum Gasteiger partial charge on any atom is -0.491 e.